The van der Waals surface area contributed by atoms with Gasteiger partial charge in [0.05, 0.1) is 5.84 Å². The van der Waals surface area contributed by atoms with Crippen LogP contribution in [0.5, 0.6) is 0 Å². The first-order valence-corrected chi connectivity index (χ1v) is 4.61. The molecule has 0 bridgehead atoms. The zero-order valence-corrected chi connectivity index (χ0v) is 7.34. The lowest BCUT2D eigenvalue weighted by molar-refractivity contribution is 0.326. The number of hydrogen-bond acceptors (Lipinski definition) is 1. The number of hydrogen-bond donors (Lipinski definition) is 1. The Morgan fingerprint density at radius 2 is 2.27 bits per heavy atom. The third kappa shape index (κ3) is 2.91. The van der Waals surface area contributed by atoms with E-state index in [0.717, 1.165) is 31.1 Å². The van der Waals surface area contributed by atoms with Crippen LogP contribution in [0, 0.1) is 5.92 Å². The Balaban J connectivity index is 2.10. The van der Waals surface area contributed by atoms with Gasteiger partial charge in [-0.05, 0) is 25.2 Å². The van der Waals surface area contributed by atoms with Gasteiger partial charge in [0.15, 0.2) is 0 Å². The minimum absolute atomic E-state index is 0.847. The van der Waals surface area contributed by atoms with Crippen molar-refractivity contribution < 1.29 is 0 Å². The molecule has 1 fully saturated rings. The molecule has 0 aromatic carbocycles. The molecule has 0 spiro atoms. The van der Waals surface area contributed by atoms with Crippen LogP contribution in [0.4, 0.5) is 0 Å². The Bertz CT molecular complexity index is 136. The van der Waals surface area contributed by atoms with Gasteiger partial charge in [0, 0.05) is 13.0 Å². The smallest absolute Gasteiger partial charge is 0.0937 e. The van der Waals surface area contributed by atoms with Gasteiger partial charge in [-0.15, -0.1) is 0 Å². The van der Waals surface area contributed by atoms with Gasteiger partial charge >= 0.3 is 0 Å². The first kappa shape index (κ1) is 8.57. The fraction of sp³-hybridized carbons (Fsp3) is 0.889. The summed E-state index contributed by atoms with van der Waals surface area (Å²) in [6.45, 7) is 3.11. The fourth-order valence-electron chi connectivity index (χ4n) is 1.26. The van der Waals surface area contributed by atoms with Crippen molar-refractivity contribution in [3.8, 4) is 0 Å². The van der Waals surface area contributed by atoms with E-state index in [4.69, 9.17) is 5.73 Å². The average molecular weight is 154 g/mol. The van der Waals surface area contributed by atoms with Gasteiger partial charge in [0.25, 0.3) is 0 Å². The van der Waals surface area contributed by atoms with Gasteiger partial charge in [0.2, 0.25) is 0 Å². The van der Waals surface area contributed by atoms with Crippen molar-refractivity contribution in [2.75, 3.05) is 6.54 Å². The van der Waals surface area contributed by atoms with Gasteiger partial charge in [-0.25, -0.2) is 0 Å². The van der Waals surface area contributed by atoms with E-state index in [1.54, 1.807) is 0 Å². The Morgan fingerprint density at radius 1 is 1.55 bits per heavy atom. The van der Waals surface area contributed by atoms with E-state index in [9.17, 15) is 0 Å². The summed E-state index contributed by atoms with van der Waals surface area (Å²) in [6, 6.07) is 0. The molecule has 2 N–H and O–H groups in total. The van der Waals surface area contributed by atoms with E-state index in [2.05, 4.69) is 11.9 Å². The Kier molecular flexibility index (Phi) is 3.40. The zero-order chi connectivity index (χ0) is 8.10. The third-order valence-corrected chi connectivity index (χ3v) is 2.28. The highest BCUT2D eigenvalue weighted by Crippen LogP contribution is 2.26. The third-order valence-electron chi connectivity index (χ3n) is 2.28. The Labute approximate surface area is 68.9 Å². The van der Waals surface area contributed by atoms with Gasteiger partial charge < -0.3 is 5.73 Å². The van der Waals surface area contributed by atoms with E-state index in [1.165, 1.54) is 19.3 Å². The normalized spacial score (nSPS) is 19.9. The number of nitrogens with two attached hydrogens (primary N) is 1. The first-order chi connectivity index (χ1) is 5.33. The summed E-state index contributed by atoms with van der Waals surface area (Å²) in [6.07, 6.45) is 6.20. The van der Waals surface area contributed by atoms with Crippen LogP contribution in [0.25, 0.3) is 0 Å². The van der Waals surface area contributed by atoms with E-state index in [0.29, 0.717) is 0 Å². The van der Waals surface area contributed by atoms with Crippen molar-refractivity contribution in [1.29, 1.82) is 0 Å². The van der Waals surface area contributed by atoms with Crippen molar-refractivity contribution in [2.24, 2.45) is 16.6 Å². The number of rotatable bonds is 4. The highest BCUT2D eigenvalue weighted by atomic mass is 14.8. The highest BCUT2D eigenvalue weighted by Gasteiger charge is 2.16. The van der Waals surface area contributed by atoms with Crippen LogP contribution < -0.4 is 5.73 Å². The lowest BCUT2D eigenvalue weighted by Gasteiger charge is -2.23. The molecular weight excluding hydrogens is 136 g/mol. The molecule has 0 radical (unpaired) electrons. The van der Waals surface area contributed by atoms with Crippen molar-refractivity contribution in [1.82, 2.24) is 0 Å². The lowest BCUT2D eigenvalue weighted by Crippen LogP contribution is -2.18. The van der Waals surface area contributed by atoms with Gasteiger partial charge in [-0.2, -0.15) is 0 Å². The van der Waals surface area contributed by atoms with Crippen molar-refractivity contribution in [3.05, 3.63) is 0 Å². The topological polar surface area (TPSA) is 38.4 Å². The lowest BCUT2D eigenvalue weighted by atomic mass is 9.86. The van der Waals surface area contributed by atoms with Gasteiger partial charge in [-0.1, -0.05) is 13.3 Å². The molecule has 1 aliphatic carbocycles. The molecule has 0 saturated heterocycles. The summed E-state index contributed by atoms with van der Waals surface area (Å²) >= 11 is 0. The molecule has 1 rings (SSSR count). The molecule has 1 saturated carbocycles. The standard InChI is InChI=1S/C9H18N2/c1-2-4-9(10)11-7-8-5-3-6-8/h8H,2-7H2,1H3,(H2,10,11). The maximum atomic E-state index is 5.66. The van der Waals surface area contributed by atoms with Crippen molar-refractivity contribution in [3.63, 3.8) is 0 Å². The van der Waals surface area contributed by atoms with E-state index in [-0.39, 0.29) is 0 Å². The van der Waals surface area contributed by atoms with Crippen molar-refractivity contribution in [2.45, 2.75) is 39.0 Å². The molecule has 0 amide bonds. The summed E-state index contributed by atoms with van der Waals surface area (Å²) in [5.74, 6) is 1.70. The molecule has 0 aliphatic heterocycles. The SMILES string of the molecule is CCCC(N)=NCC1CCC1. The summed E-state index contributed by atoms with van der Waals surface area (Å²) in [7, 11) is 0. The molecule has 0 heterocycles. The minimum atomic E-state index is 0.847. The number of aliphatic imine (C=N–C) groups is 1. The Morgan fingerprint density at radius 3 is 2.73 bits per heavy atom. The molecule has 1 aliphatic rings. The number of nitrogens with zero attached hydrogens (tertiary/aromatic N) is 1. The first-order valence-electron chi connectivity index (χ1n) is 4.61. The summed E-state index contributed by atoms with van der Waals surface area (Å²) in [5, 5.41) is 0. The molecule has 0 unspecified atom stereocenters. The molecular formula is C9H18N2. The van der Waals surface area contributed by atoms with Gasteiger partial charge in [0.1, 0.15) is 0 Å². The van der Waals surface area contributed by atoms with Crippen LogP contribution in [0.2, 0.25) is 0 Å². The summed E-state index contributed by atoms with van der Waals surface area (Å²) in [5.41, 5.74) is 5.66. The van der Waals surface area contributed by atoms with Crippen molar-refractivity contribution >= 4 is 5.84 Å². The molecule has 2 heteroatoms. The highest BCUT2D eigenvalue weighted by molar-refractivity contribution is 5.80. The maximum Gasteiger partial charge on any atom is 0.0937 e. The average Bonchev–Trinajstić information content (AvgIpc) is 1.85. The van der Waals surface area contributed by atoms with Crippen LogP contribution in [-0.2, 0) is 0 Å². The molecule has 0 aromatic heterocycles. The van der Waals surface area contributed by atoms with E-state index in [1.807, 2.05) is 0 Å². The molecule has 2 nitrogen and oxygen atoms in total. The molecule has 64 valence electrons. The molecule has 0 atom stereocenters. The monoisotopic (exact) mass is 154 g/mol. The van der Waals surface area contributed by atoms with Gasteiger partial charge in [-0.3, -0.25) is 4.99 Å². The van der Waals surface area contributed by atoms with Crippen LogP contribution in [0.15, 0.2) is 4.99 Å². The zero-order valence-electron chi connectivity index (χ0n) is 7.34. The minimum Gasteiger partial charge on any atom is -0.387 e. The largest absolute Gasteiger partial charge is 0.387 e. The second kappa shape index (κ2) is 4.37. The predicted octanol–water partition coefficient (Wildman–Crippen LogP) is 1.94. The molecule has 0 aromatic rings. The second-order valence-corrected chi connectivity index (χ2v) is 3.38. The fourth-order valence-corrected chi connectivity index (χ4v) is 1.26. The molecule has 11 heavy (non-hydrogen) atoms. The van der Waals surface area contributed by atoms with Crippen LogP contribution in [0.1, 0.15) is 39.0 Å². The summed E-state index contributed by atoms with van der Waals surface area (Å²) < 4.78 is 0. The number of amidine groups is 1. The van der Waals surface area contributed by atoms with Crippen LogP contribution >= 0.6 is 0 Å². The summed E-state index contributed by atoms with van der Waals surface area (Å²) in [4.78, 5) is 4.33. The maximum absolute atomic E-state index is 5.66. The Hall–Kier alpha value is -0.530. The predicted molar refractivity (Wildman–Crippen MR) is 48.7 cm³/mol. The quantitative estimate of drug-likeness (QED) is 0.488. The van der Waals surface area contributed by atoms with E-state index < -0.39 is 0 Å². The van der Waals surface area contributed by atoms with E-state index >= 15 is 0 Å². The second-order valence-electron chi connectivity index (χ2n) is 3.38. The van der Waals surface area contributed by atoms with Crippen LogP contribution in [0.3, 0.4) is 0 Å². The van der Waals surface area contributed by atoms with Crippen LogP contribution in [-0.4, -0.2) is 12.4 Å².